The summed E-state index contributed by atoms with van der Waals surface area (Å²) in [5, 5.41) is 16.5. The molecule has 1 atom stereocenters. The van der Waals surface area contributed by atoms with Crippen LogP contribution in [0.4, 0.5) is 24.5 Å². The highest BCUT2D eigenvalue weighted by molar-refractivity contribution is 7.98. The first-order valence-electron chi connectivity index (χ1n) is 12.0. The van der Waals surface area contributed by atoms with E-state index in [9.17, 15) is 18.0 Å². The lowest BCUT2D eigenvalue weighted by molar-refractivity contribution is 0.162. The number of unbranched alkanes of at least 4 members (excludes halogenated alkanes) is 1. The highest BCUT2D eigenvalue weighted by Gasteiger charge is 2.29. The van der Waals surface area contributed by atoms with Crippen molar-refractivity contribution in [3.63, 3.8) is 0 Å². The lowest BCUT2D eigenvalue weighted by Crippen LogP contribution is -2.38. The lowest BCUT2D eigenvalue weighted by Gasteiger charge is -2.34. The highest BCUT2D eigenvalue weighted by atomic mass is 35.5. The summed E-state index contributed by atoms with van der Waals surface area (Å²) in [6, 6.07) is 5.04. The molecule has 1 saturated heterocycles. The van der Waals surface area contributed by atoms with Crippen LogP contribution in [0, 0.1) is 17.1 Å². The van der Waals surface area contributed by atoms with Gasteiger partial charge >= 0.3 is 6.55 Å². The summed E-state index contributed by atoms with van der Waals surface area (Å²) in [5.41, 5.74) is -0.178. The summed E-state index contributed by atoms with van der Waals surface area (Å²) < 4.78 is 50.5. The molecule has 0 aliphatic carbocycles. The molecule has 1 aromatic carbocycles. The summed E-state index contributed by atoms with van der Waals surface area (Å²) in [5.74, 6) is -0.898. The molecule has 202 valence electrons. The fraction of sp³-hybridized carbons (Fsp3) is 0.542. The minimum Gasteiger partial charge on any atom is -0.385 e. The zero-order valence-corrected chi connectivity index (χ0v) is 22.2. The minimum atomic E-state index is -2.96. The molecule has 0 amide bonds. The number of piperidine rings is 1. The first-order chi connectivity index (χ1) is 17.7. The fourth-order valence-corrected chi connectivity index (χ4v) is 5.19. The van der Waals surface area contributed by atoms with Gasteiger partial charge in [-0.1, -0.05) is 11.6 Å². The molecule has 2 heterocycles. The number of rotatable bonds is 12. The van der Waals surface area contributed by atoms with E-state index in [1.807, 2.05) is 6.92 Å². The zero-order valence-electron chi connectivity index (χ0n) is 20.7. The number of alkyl halides is 2. The Bertz CT molecular complexity index is 1140. The maximum absolute atomic E-state index is 14.3. The van der Waals surface area contributed by atoms with Crippen molar-refractivity contribution in [1.82, 2.24) is 14.1 Å². The van der Waals surface area contributed by atoms with Crippen molar-refractivity contribution in [2.75, 3.05) is 36.4 Å². The summed E-state index contributed by atoms with van der Waals surface area (Å²) in [4.78, 5) is 12.9. The van der Waals surface area contributed by atoms with Crippen molar-refractivity contribution >= 4 is 35.1 Å². The molecule has 3 rings (SSSR count). The Hall–Kier alpha value is -2.46. The number of nitrogens with zero attached hydrogens (tertiary/aromatic N) is 5. The number of anilines is 2. The Morgan fingerprint density at radius 2 is 2.08 bits per heavy atom. The van der Waals surface area contributed by atoms with Crippen LogP contribution in [0.2, 0.25) is 5.02 Å². The van der Waals surface area contributed by atoms with Crippen LogP contribution in [-0.2, 0) is 4.74 Å². The van der Waals surface area contributed by atoms with E-state index in [0.717, 1.165) is 37.5 Å². The third-order valence-corrected chi connectivity index (χ3v) is 7.54. The molecule has 1 fully saturated rings. The van der Waals surface area contributed by atoms with Gasteiger partial charge in [-0.2, -0.15) is 19.1 Å². The molecular weight excluding hydrogens is 529 g/mol. The van der Waals surface area contributed by atoms with E-state index in [-0.39, 0.29) is 28.4 Å². The third kappa shape index (κ3) is 7.77. The van der Waals surface area contributed by atoms with E-state index in [0.29, 0.717) is 42.5 Å². The van der Waals surface area contributed by atoms with Gasteiger partial charge in [-0.05, 0) is 57.2 Å². The zero-order chi connectivity index (χ0) is 26.9. The van der Waals surface area contributed by atoms with Crippen LogP contribution in [0.1, 0.15) is 50.6 Å². The van der Waals surface area contributed by atoms with Crippen molar-refractivity contribution < 1.29 is 17.9 Å². The minimum absolute atomic E-state index is 0.0515. The van der Waals surface area contributed by atoms with E-state index in [1.54, 1.807) is 23.7 Å². The first kappa shape index (κ1) is 29.1. The maximum Gasteiger partial charge on any atom is 0.325 e. The lowest BCUT2D eigenvalue weighted by atomic mass is 10.1. The maximum atomic E-state index is 14.3. The van der Waals surface area contributed by atoms with Gasteiger partial charge in [-0.25, -0.2) is 17.7 Å². The van der Waals surface area contributed by atoms with Crippen LogP contribution in [0.3, 0.4) is 0 Å². The standard InChI is InChI=1S/C24H30ClF3N6O2S/c1-16(5-3-4-12-36-2)31-20-15-30-33(23(35)22(20)25)18-8-10-32(11-9-18)37-34(24(27)28)21-7-6-17(14-29)13-19(21)26/h6-7,13,15-16,18,24,31H,3-5,8-12H2,1-2H3. The molecule has 0 saturated carbocycles. The topological polar surface area (TPSA) is 86.4 Å². The normalized spacial score (nSPS) is 15.5. The second kappa shape index (κ2) is 13.9. The average Bonchev–Trinajstić information content (AvgIpc) is 2.88. The number of hydrogen-bond donors (Lipinski definition) is 1. The summed E-state index contributed by atoms with van der Waals surface area (Å²) >= 11 is 7.09. The van der Waals surface area contributed by atoms with Gasteiger partial charge in [0.1, 0.15) is 10.8 Å². The van der Waals surface area contributed by atoms with Crippen molar-refractivity contribution in [3.05, 3.63) is 51.2 Å². The van der Waals surface area contributed by atoms with Crippen LogP contribution in [-0.4, -0.2) is 53.5 Å². The largest absolute Gasteiger partial charge is 0.385 e. The van der Waals surface area contributed by atoms with Gasteiger partial charge in [-0.3, -0.25) is 4.79 Å². The Balaban J connectivity index is 1.60. The quantitative estimate of drug-likeness (QED) is 0.209. The molecule has 13 heteroatoms. The van der Waals surface area contributed by atoms with E-state index in [1.165, 1.54) is 16.8 Å². The Labute approximate surface area is 223 Å². The van der Waals surface area contributed by atoms with Gasteiger partial charge in [0.25, 0.3) is 5.56 Å². The second-order valence-electron chi connectivity index (χ2n) is 8.78. The van der Waals surface area contributed by atoms with Gasteiger partial charge < -0.3 is 10.1 Å². The molecule has 1 unspecified atom stereocenters. The van der Waals surface area contributed by atoms with Crippen molar-refractivity contribution in [3.8, 4) is 6.07 Å². The van der Waals surface area contributed by atoms with Gasteiger partial charge in [0.2, 0.25) is 0 Å². The number of methoxy groups -OCH3 is 1. The predicted molar refractivity (Wildman–Crippen MR) is 139 cm³/mol. The molecule has 0 bridgehead atoms. The van der Waals surface area contributed by atoms with Gasteiger partial charge in [0, 0.05) is 45.0 Å². The number of hydrogen-bond acceptors (Lipinski definition) is 8. The van der Waals surface area contributed by atoms with Crippen molar-refractivity contribution in [2.45, 2.75) is 57.7 Å². The number of ether oxygens (including phenoxy) is 1. The molecule has 1 N–H and O–H groups in total. The SMILES string of the molecule is COCCCCC(C)Nc1cnn(C2CCN(SN(c3ccc(C#N)cc3F)C(F)F)CC2)c(=O)c1Cl. The van der Waals surface area contributed by atoms with Gasteiger partial charge in [0.05, 0.1) is 35.2 Å². The number of benzene rings is 1. The summed E-state index contributed by atoms with van der Waals surface area (Å²) in [6.07, 6.45) is 5.31. The Morgan fingerprint density at radius 3 is 2.70 bits per heavy atom. The van der Waals surface area contributed by atoms with Crippen LogP contribution in [0.5, 0.6) is 0 Å². The van der Waals surface area contributed by atoms with Crippen molar-refractivity contribution in [1.29, 1.82) is 5.26 Å². The van der Waals surface area contributed by atoms with Gasteiger partial charge in [0.15, 0.2) is 0 Å². The molecule has 8 nitrogen and oxygen atoms in total. The predicted octanol–water partition coefficient (Wildman–Crippen LogP) is 5.45. The van der Waals surface area contributed by atoms with E-state index >= 15 is 0 Å². The van der Waals surface area contributed by atoms with E-state index in [2.05, 4.69) is 10.4 Å². The number of aromatic nitrogens is 2. The smallest absolute Gasteiger partial charge is 0.325 e. The summed E-state index contributed by atoms with van der Waals surface area (Å²) in [7, 11) is 1.67. The van der Waals surface area contributed by atoms with Crippen LogP contribution in [0.15, 0.2) is 29.2 Å². The monoisotopic (exact) mass is 558 g/mol. The van der Waals surface area contributed by atoms with Crippen LogP contribution < -0.4 is 15.2 Å². The third-order valence-electron chi connectivity index (χ3n) is 6.05. The number of halogens is 4. The Morgan fingerprint density at radius 1 is 1.35 bits per heavy atom. The van der Waals surface area contributed by atoms with Crippen molar-refractivity contribution in [2.24, 2.45) is 0 Å². The van der Waals surface area contributed by atoms with Crippen LogP contribution >= 0.6 is 23.7 Å². The molecule has 2 aromatic rings. The molecular formula is C24H30ClF3N6O2S. The highest BCUT2D eigenvalue weighted by Crippen LogP contribution is 2.34. The molecule has 1 aliphatic rings. The van der Waals surface area contributed by atoms with E-state index < -0.39 is 17.9 Å². The molecule has 0 spiro atoms. The number of nitriles is 1. The second-order valence-corrected chi connectivity index (χ2v) is 10.2. The molecule has 1 aliphatic heterocycles. The molecule has 37 heavy (non-hydrogen) atoms. The fourth-order valence-electron chi connectivity index (χ4n) is 4.07. The first-order valence-corrected chi connectivity index (χ1v) is 13.1. The average molecular weight is 559 g/mol. The molecule has 1 aromatic heterocycles. The van der Waals surface area contributed by atoms with E-state index in [4.69, 9.17) is 21.6 Å². The molecule has 0 radical (unpaired) electrons. The Kier molecular flexibility index (Phi) is 10.9. The number of nitrogens with one attached hydrogen (secondary N) is 1. The van der Waals surface area contributed by atoms with Gasteiger partial charge in [-0.15, -0.1) is 0 Å². The van der Waals surface area contributed by atoms with Crippen LogP contribution in [0.25, 0.3) is 0 Å². The summed E-state index contributed by atoms with van der Waals surface area (Å²) in [6.45, 7) is 0.501.